The molecular formula is C29H53NO3. The van der Waals surface area contributed by atoms with E-state index in [1.165, 1.54) is 63.4 Å². The van der Waals surface area contributed by atoms with Crippen LogP contribution in [0.4, 0.5) is 0 Å². The normalized spacial score (nSPS) is 11.8. The molecule has 0 radical (unpaired) electrons. The van der Waals surface area contributed by atoms with Crippen molar-refractivity contribution in [2.45, 2.75) is 123 Å². The summed E-state index contributed by atoms with van der Waals surface area (Å²) in [5.74, 6) is 0.0781. The summed E-state index contributed by atoms with van der Waals surface area (Å²) >= 11 is 0. The van der Waals surface area contributed by atoms with Gasteiger partial charge in [0.25, 0.3) is 0 Å². The molecule has 1 atom stereocenters. The van der Waals surface area contributed by atoms with Crippen molar-refractivity contribution in [3.05, 3.63) is 35.9 Å². The van der Waals surface area contributed by atoms with Crippen LogP contribution in [0.2, 0.25) is 0 Å². The topological polar surface area (TPSA) is 69.6 Å². The third-order valence-corrected chi connectivity index (χ3v) is 5.88. The lowest BCUT2D eigenvalue weighted by atomic mass is 10.0. The van der Waals surface area contributed by atoms with Crippen molar-refractivity contribution < 1.29 is 15.0 Å². The zero-order valence-electron chi connectivity index (χ0n) is 21.9. The molecule has 1 unspecified atom stereocenters. The first-order valence-electron chi connectivity index (χ1n) is 13.6. The van der Waals surface area contributed by atoms with E-state index in [9.17, 15) is 9.90 Å². The van der Waals surface area contributed by atoms with Crippen LogP contribution in [0, 0.1) is 5.92 Å². The highest BCUT2D eigenvalue weighted by Gasteiger charge is 2.03. The lowest BCUT2D eigenvalue weighted by Gasteiger charge is -2.11. The monoisotopic (exact) mass is 463 g/mol. The number of carboxylic acids is 1. The second-order valence-electron chi connectivity index (χ2n) is 9.74. The Kier molecular flexibility index (Phi) is 22.8. The Hall–Kier alpha value is -1.39. The van der Waals surface area contributed by atoms with E-state index >= 15 is 0 Å². The molecule has 1 rings (SSSR count). The van der Waals surface area contributed by atoms with Gasteiger partial charge in [0.15, 0.2) is 0 Å². The molecule has 0 aromatic heterocycles. The number of hydrogen-bond donors (Lipinski definition) is 3. The third-order valence-electron chi connectivity index (χ3n) is 5.88. The first-order chi connectivity index (χ1) is 16.0. The minimum atomic E-state index is -0.672. The lowest BCUT2D eigenvalue weighted by molar-refractivity contribution is -0.137. The molecule has 1 aromatic rings. The van der Waals surface area contributed by atoms with Gasteiger partial charge in [-0.3, -0.25) is 4.79 Å². The maximum Gasteiger partial charge on any atom is 0.303 e. The van der Waals surface area contributed by atoms with E-state index < -0.39 is 5.97 Å². The average molecular weight is 464 g/mol. The molecule has 0 aliphatic rings. The van der Waals surface area contributed by atoms with Crippen molar-refractivity contribution in [1.82, 2.24) is 5.32 Å². The van der Waals surface area contributed by atoms with E-state index in [2.05, 4.69) is 50.4 Å². The minimum absolute atomic E-state index is 0.184. The highest BCUT2D eigenvalue weighted by molar-refractivity contribution is 5.66. The molecule has 192 valence electrons. The maximum absolute atomic E-state index is 10.1. The van der Waals surface area contributed by atoms with Gasteiger partial charge in [-0.1, -0.05) is 122 Å². The number of carbonyl (C=O) groups is 1. The number of carboxylic acid groups (broad SMARTS) is 1. The first-order valence-corrected chi connectivity index (χ1v) is 13.6. The van der Waals surface area contributed by atoms with E-state index in [0.29, 0.717) is 6.42 Å². The van der Waals surface area contributed by atoms with Gasteiger partial charge in [0, 0.05) is 13.0 Å². The van der Waals surface area contributed by atoms with Gasteiger partial charge in [-0.15, -0.1) is 0 Å². The summed E-state index contributed by atoms with van der Waals surface area (Å²) in [5.41, 5.74) is 1.35. The average Bonchev–Trinajstić information content (AvgIpc) is 2.79. The van der Waals surface area contributed by atoms with Gasteiger partial charge in [0.2, 0.25) is 0 Å². The first kappa shape index (κ1) is 31.6. The standard InChI is InChI=1S/C20H35NO.C9H18O2/c1-2-3-4-5-6-7-8-12-15-20(22)18-21-17-16-19-13-10-9-11-14-19;1-8(2)6-4-3-5-7-9(10)11/h9-11,13-14,20-22H,2-8,12,15-18H2,1H3;8H,3-7H2,1-2H3,(H,10,11). The maximum atomic E-state index is 10.1. The Labute approximate surface area is 204 Å². The molecule has 0 aliphatic heterocycles. The fraction of sp³-hybridized carbons (Fsp3) is 0.759. The van der Waals surface area contributed by atoms with Crippen LogP contribution in [0.5, 0.6) is 0 Å². The van der Waals surface area contributed by atoms with Crippen LogP contribution in [0.1, 0.15) is 116 Å². The molecule has 1 aromatic carbocycles. The molecule has 0 saturated heterocycles. The van der Waals surface area contributed by atoms with Gasteiger partial charge in [-0.05, 0) is 37.3 Å². The molecule has 0 fully saturated rings. The smallest absolute Gasteiger partial charge is 0.303 e. The van der Waals surface area contributed by atoms with Crippen LogP contribution in [0.25, 0.3) is 0 Å². The molecular weight excluding hydrogens is 410 g/mol. The van der Waals surface area contributed by atoms with Crippen LogP contribution >= 0.6 is 0 Å². The quantitative estimate of drug-likeness (QED) is 0.176. The highest BCUT2D eigenvalue weighted by Crippen LogP contribution is 2.11. The SMILES string of the molecule is CC(C)CCCCCC(=O)O.CCCCCCCCCCC(O)CNCCc1ccccc1. The van der Waals surface area contributed by atoms with Gasteiger partial charge >= 0.3 is 5.97 Å². The number of aliphatic hydroxyl groups excluding tert-OH is 1. The second-order valence-corrected chi connectivity index (χ2v) is 9.74. The number of nitrogens with one attached hydrogen (secondary N) is 1. The fourth-order valence-corrected chi connectivity index (χ4v) is 3.77. The Morgan fingerprint density at radius 3 is 2.03 bits per heavy atom. The molecule has 0 bridgehead atoms. The number of aliphatic hydroxyl groups is 1. The predicted octanol–water partition coefficient (Wildman–Crippen LogP) is 7.39. The van der Waals surface area contributed by atoms with Gasteiger partial charge in [0.05, 0.1) is 6.10 Å². The van der Waals surface area contributed by atoms with Crippen LogP contribution in [-0.2, 0) is 11.2 Å². The summed E-state index contributed by atoms with van der Waals surface area (Å²) in [4.78, 5) is 10.1. The molecule has 0 amide bonds. The number of aliphatic carboxylic acids is 1. The van der Waals surface area contributed by atoms with Crippen molar-refractivity contribution in [3.8, 4) is 0 Å². The third kappa shape index (κ3) is 25.1. The Balaban J connectivity index is 0.000000785. The summed E-state index contributed by atoms with van der Waals surface area (Å²) in [7, 11) is 0. The van der Waals surface area contributed by atoms with Crippen LogP contribution in [-0.4, -0.2) is 35.4 Å². The number of unbranched alkanes of at least 4 members (excludes halogenated alkanes) is 9. The summed E-state index contributed by atoms with van der Waals surface area (Å²) in [5, 5.41) is 21.6. The van der Waals surface area contributed by atoms with Crippen molar-refractivity contribution in [1.29, 1.82) is 0 Å². The molecule has 0 heterocycles. The Morgan fingerprint density at radius 2 is 1.42 bits per heavy atom. The summed E-state index contributed by atoms with van der Waals surface area (Å²) < 4.78 is 0. The highest BCUT2D eigenvalue weighted by atomic mass is 16.4. The zero-order valence-corrected chi connectivity index (χ0v) is 21.9. The van der Waals surface area contributed by atoms with Gasteiger partial charge < -0.3 is 15.5 Å². The van der Waals surface area contributed by atoms with E-state index in [0.717, 1.165) is 51.1 Å². The van der Waals surface area contributed by atoms with E-state index in [1.807, 2.05) is 6.07 Å². The van der Waals surface area contributed by atoms with Crippen molar-refractivity contribution >= 4 is 5.97 Å². The largest absolute Gasteiger partial charge is 0.481 e. The van der Waals surface area contributed by atoms with Crippen LogP contribution in [0.3, 0.4) is 0 Å². The van der Waals surface area contributed by atoms with E-state index in [-0.39, 0.29) is 6.10 Å². The lowest BCUT2D eigenvalue weighted by Crippen LogP contribution is -2.28. The number of rotatable bonds is 20. The molecule has 4 nitrogen and oxygen atoms in total. The second kappa shape index (κ2) is 23.8. The molecule has 3 N–H and O–H groups in total. The minimum Gasteiger partial charge on any atom is -0.481 e. The molecule has 0 saturated carbocycles. The number of benzene rings is 1. The Morgan fingerprint density at radius 1 is 0.848 bits per heavy atom. The van der Waals surface area contributed by atoms with Crippen molar-refractivity contribution in [3.63, 3.8) is 0 Å². The summed E-state index contributed by atoms with van der Waals surface area (Å²) in [6, 6.07) is 10.5. The predicted molar refractivity (Wildman–Crippen MR) is 142 cm³/mol. The Bertz CT molecular complexity index is 533. The molecule has 33 heavy (non-hydrogen) atoms. The summed E-state index contributed by atoms with van der Waals surface area (Å²) in [6.07, 6.45) is 17.0. The van der Waals surface area contributed by atoms with Crippen LogP contribution < -0.4 is 5.32 Å². The van der Waals surface area contributed by atoms with Gasteiger partial charge in [-0.25, -0.2) is 0 Å². The van der Waals surface area contributed by atoms with Crippen LogP contribution in [0.15, 0.2) is 30.3 Å². The van der Waals surface area contributed by atoms with Gasteiger partial charge in [-0.2, -0.15) is 0 Å². The van der Waals surface area contributed by atoms with Crippen molar-refractivity contribution in [2.24, 2.45) is 5.92 Å². The zero-order chi connectivity index (χ0) is 24.6. The molecule has 4 heteroatoms. The molecule has 0 spiro atoms. The van der Waals surface area contributed by atoms with Gasteiger partial charge in [0.1, 0.15) is 0 Å². The van der Waals surface area contributed by atoms with Crippen molar-refractivity contribution in [2.75, 3.05) is 13.1 Å². The number of hydrogen-bond acceptors (Lipinski definition) is 3. The van der Waals surface area contributed by atoms with E-state index in [4.69, 9.17) is 5.11 Å². The van der Waals surface area contributed by atoms with E-state index in [1.54, 1.807) is 0 Å². The summed E-state index contributed by atoms with van der Waals surface area (Å²) in [6.45, 7) is 8.31. The molecule has 0 aliphatic carbocycles. The fourth-order valence-electron chi connectivity index (χ4n) is 3.77.